The highest BCUT2D eigenvalue weighted by Gasteiger charge is 2.27. The lowest BCUT2D eigenvalue weighted by Crippen LogP contribution is -2.51. The van der Waals surface area contributed by atoms with Gasteiger partial charge in [0.1, 0.15) is 5.56 Å². The van der Waals surface area contributed by atoms with Gasteiger partial charge in [-0.05, 0) is 12.8 Å². The Labute approximate surface area is 138 Å². The molecule has 1 atom stereocenters. The molecule has 2 heterocycles. The molecule has 0 aromatic carbocycles. The third-order valence-corrected chi connectivity index (χ3v) is 4.40. The van der Waals surface area contributed by atoms with E-state index in [9.17, 15) is 4.79 Å². The molecule has 0 spiro atoms. The maximum absolute atomic E-state index is 12.6. The molecular formula is C17H29N3O3. The van der Waals surface area contributed by atoms with Crippen LogP contribution in [0.2, 0.25) is 0 Å². The first-order valence-electron chi connectivity index (χ1n) is 8.48. The van der Waals surface area contributed by atoms with Crippen LogP contribution in [-0.2, 0) is 4.74 Å². The number of aryl methyl sites for hydroxylation is 1. The first kappa shape index (κ1) is 17.9. The van der Waals surface area contributed by atoms with Crippen molar-refractivity contribution < 1.29 is 14.1 Å². The predicted molar refractivity (Wildman–Crippen MR) is 88.7 cm³/mol. The molecule has 1 unspecified atom stereocenters. The van der Waals surface area contributed by atoms with Gasteiger partial charge in [-0.3, -0.25) is 9.69 Å². The quantitative estimate of drug-likeness (QED) is 0.869. The summed E-state index contributed by atoms with van der Waals surface area (Å²) in [4.78, 5) is 15.0. The van der Waals surface area contributed by atoms with Crippen molar-refractivity contribution in [3.8, 4) is 0 Å². The molecule has 0 saturated carbocycles. The van der Waals surface area contributed by atoms with Crippen LogP contribution in [0.25, 0.3) is 0 Å². The molecule has 1 fully saturated rings. The number of aromatic nitrogens is 1. The van der Waals surface area contributed by atoms with E-state index in [0.29, 0.717) is 35.5 Å². The summed E-state index contributed by atoms with van der Waals surface area (Å²) in [5.41, 5.74) is 1.24. The molecule has 1 aromatic rings. The molecule has 2 rings (SSSR count). The van der Waals surface area contributed by atoms with Gasteiger partial charge in [0.2, 0.25) is 0 Å². The van der Waals surface area contributed by atoms with Crippen LogP contribution in [0.15, 0.2) is 4.52 Å². The van der Waals surface area contributed by atoms with Crippen molar-refractivity contribution in [1.82, 2.24) is 15.4 Å². The molecule has 0 aliphatic carbocycles. The normalized spacial score (nSPS) is 17.7. The fourth-order valence-electron chi connectivity index (χ4n) is 3.04. The number of rotatable bonds is 6. The van der Waals surface area contributed by atoms with E-state index in [1.807, 2.05) is 20.8 Å². The topological polar surface area (TPSA) is 67.6 Å². The minimum Gasteiger partial charge on any atom is -0.379 e. The van der Waals surface area contributed by atoms with Gasteiger partial charge in [0, 0.05) is 31.6 Å². The van der Waals surface area contributed by atoms with Crippen molar-refractivity contribution in [3.05, 3.63) is 17.0 Å². The lowest BCUT2D eigenvalue weighted by Gasteiger charge is -2.36. The Kier molecular flexibility index (Phi) is 6.18. The van der Waals surface area contributed by atoms with Crippen LogP contribution in [0.3, 0.4) is 0 Å². The second-order valence-corrected chi connectivity index (χ2v) is 6.83. The number of amides is 1. The molecule has 1 aliphatic heterocycles. The van der Waals surface area contributed by atoms with Gasteiger partial charge in [-0.25, -0.2) is 0 Å². The van der Waals surface area contributed by atoms with Crippen LogP contribution in [0.5, 0.6) is 0 Å². The molecule has 23 heavy (non-hydrogen) atoms. The maximum Gasteiger partial charge on any atom is 0.256 e. The van der Waals surface area contributed by atoms with Crippen molar-refractivity contribution in [2.75, 3.05) is 32.8 Å². The van der Waals surface area contributed by atoms with Gasteiger partial charge >= 0.3 is 0 Å². The van der Waals surface area contributed by atoms with Gasteiger partial charge in [-0.1, -0.05) is 32.9 Å². The first-order valence-corrected chi connectivity index (χ1v) is 8.48. The Morgan fingerprint density at radius 2 is 1.91 bits per heavy atom. The highest BCUT2D eigenvalue weighted by molar-refractivity contribution is 5.96. The summed E-state index contributed by atoms with van der Waals surface area (Å²) < 4.78 is 10.7. The number of carbonyl (C=O) groups excluding carboxylic acids is 1. The third kappa shape index (κ3) is 4.32. The van der Waals surface area contributed by atoms with Crippen molar-refractivity contribution in [1.29, 1.82) is 0 Å². The molecule has 1 N–H and O–H groups in total. The van der Waals surface area contributed by atoms with E-state index in [1.54, 1.807) is 0 Å². The Hall–Kier alpha value is -1.40. The number of hydrogen-bond acceptors (Lipinski definition) is 5. The molecule has 1 amide bonds. The number of ether oxygens (including phenoxy) is 1. The van der Waals surface area contributed by atoms with Crippen LogP contribution < -0.4 is 5.32 Å². The van der Waals surface area contributed by atoms with Crippen LogP contribution >= 0.6 is 0 Å². The smallest absolute Gasteiger partial charge is 0.256 e. The molecule has 130 valence electrons. The van der Waals surface area contributed by atoms with Crippen LogP contribution in [0.4, 0.5) is 0 Å². The number of nitrogens with one attached hydrogen (secondary N) is 1. The van der Waals surface area contributed by atoms with Crippen LogP contribution in [-0.4, -0.2) is 54.9 Å². The molecule has 0 bridgehead atoms. The van der Waals surface area contributed by atoms with Gasteiger partial charge in [0.05, 0.1) is 18.9 Å². The van der Waals surface area contributed by atoms with Crippen molar-refractivity contribution in [2.45, 2.75) is 46.6 Å². The third-order valence-electron chi connectivity index (χ3n) is 4.40. The van der Waals surface area contributed by atoms with E-state index in [-0.39, 0.29) is 11.8 Å². The molecule has 0 radical (unpaired) electrons. The van der Waals surface area contributed by atoms with Crippen LogP contribution in [0, 0.1) is 12.8 Å². The lowest BCUT2D eigenvalue weighted by atomic mass is 10.0. The SMILES string of the molecule is Cc1noc(C(C)C)c1C(=O)NCC(C(C)C)N1CCOCC1. The summed E-state index contributed by atoms with van der Waals surface area (Å²) in [5, 5.41) is 7.03. The largest absolute Gasteiger partial charge is 0.379 e. The van der Waals surface area contributed by atoms with E-state index >= 15 is 0 Å². The van der Waals surface area contributed by atoms with Crippen molar-refractivity contribution in [2.24, 2.45) is 5.92 Å². The molecule has 1 aromatic heterocycles. The van der Waals surface area contributed by atoms with Gasteiger partial charge in [-0.2, -0.15) is 0 Å². The van der Waals surface area contributed by atoms with Crippen LogP contribution in [0.1, 0.15) is 55.4 Å². The minimum absolute atomic E-state index is 0.0913. The highest BCUT2D eigenvalue weighted by Crippen LogP contribution is 2.22. The zero-order valence-electron chi connectivity index (χ0n) is 14.9. The number of morpholine rings is 1. The summed E-state index contributed by atoms with van der Waals surface area (Å²) in [6, 6.07) is 0.311. The standard InChI is InChI=1S/C17H29N3O3/c1-11(2)14(20-6-8-22-9-7-20)10-18-17(21)15-13(5)19-23-16(15)12(3)4/h11-12,14H,6-10H2,1-5H3,(H,18,21). The van der Waals surface area contributed by atoms with Crippen molar-refractivity contribution in [3.63, 3.8) is 0 Å². The Balaban J connectivity index is 2.03. The molecular weight excluding hydrogens is 294 g/mol. The van der Waals surface area contributed by atoms with E-state index < -0.39 is 0 Å². The average molecular weight is 323 g/mol. The van der Waals surface area contributed by atoms with Gasteiger partial charge in [0.25, 0.3) is 5.91 Å². The van der Waals surface area contributed by atoms with E-state index in [2.05, 4.69) is 29.2 Å². The highest BCUT2D eigenvalue weighted by atomic mass is 16.5. The first-order chi connectivity index (χ1) is 10.9. The van der Waals surface area contributed by atoms with Gasteiger partial charge in [0.15, 0.2) is 5.76 Å². The molecule has 6 nitrogen and oxygen atoms in total. The fraction of sp³-hybridized carbons (Fsp3) is 0.765. The molecule has 6 heteroatoms. The zero-order chi connectivity index (χ0) is 17.0. The fourth-order valence-corrected chi connectivity index (χ4v) is 3.04. The summed E-state index contributed by atoms with van der Waals surface area (Å²) in [7, 11) is 0. The number of nitrogens with zero attached hydrogens (tertiary/aromatic N) is 2. The Bertz CT molecular complexity index is 519. The zero-order valence-corrected chi connectivity index (χ0v) is 14.9. The summed E-state index contributed by atoms with van der Waals surface area (Å²) in [5.74, 6) is 1.16. The molecule has 1 aliphatic rings. The maximum atomic E-state index is 12.6. The second kappa shape index (κ2) is 7.93. The summed E-state index contributed by atoms with van der Waals surface area (Å²) >= 11 is 0. The van der Waals surface area contributed by atoms with Crippen molar-refractivity contribution >= 4 is 5.91 Å². The number of carbonyl (C=O) groups is 1. The van der Waals surface area contributed by atoms with Gasteiger partial charge in [-0.15, -0.1) is 0 Å². The van der Waals surface area contributed by atoms with E-state index in [0.717, 1.165) is 26.3 Å². The van der Waals surface area contributed by atoms with E-state index in [1.165, 1.54) is 0 Å². The lowest BCUT2D eigenvalue weighted by molar-refractivity contribution is 0.00672. The summed E-state index contributed by atoms with van der Waals surface area (Å²) in [6.07, 6.45) is 0. The number of hydrogen-bond donors (Lipinski definition) is 1. The predicted octanol–water partition coefficient (Wildman–Crippen LogP) is 2.19. The van der Waals surface area contributed by atoms with E-state index in [4.69, 9.17) is 9.26 Å². The Morgan fingerprint density at radius 3 is 2.48 bits per heavy atom. The minimum atomic E-state index is -0.0913. The second-order valence-electron chi connectivity index (χ2n) is 6.83. The molecule has 1 saturated heterocycles. The van der Waals surface area contributed by atoms with Gasteiger partial charge < -0.3 is 14.6 Å². The Morgan fingerprint density at radius 1 is 1.26 bits per heavy atom. The summed E-state index contributed by atoms with van der Waals surface area (Å²) in [6.45, 7) is 14.2. The monoisotopic (exact) mass is 323 g/mol. The average Bonchev–Trinajstić information content (AvgIpc) is 2.90.